The minimum absolute atomic E-state index is 0.198. The van der Waals surface area contributed by atoms with Crippen LogP contribution < -0.4 is 0 Å². The summed E-state index contributed by atoms with van der Waals surface area (Å²) in [6.07, 6.45) is 4.83. The average molecular weight is 276 g/mol. The van der Waals surface area contributed by atoms with Crippen molar-refractivity contribution < 1.29 is 14.7 Å². The maximum absolute atomic E-state index is 12.3. The van der Waals surface area contributed by atoms with Gasteiger partial charge in [-0.15, -0.1) is 0 Å². The highest BCUT2D eigenvalue weighted by Gasteiger charge is 2.16. The lowest BCUT2D eigenvalue weighted by molar-refractivity contribution is -0.131. The fourth-order valence-electron chi connectivity index (χ4n) is 1.63. The summed E-state index contributed by atoms with van der Waals surface area (Å²) in [5.74, 6) is -0.739. The van der Waals surface area contributed by atoms with Crippen LogP contribution in [0.4, 0.5) is 0 Å². The normalized spacial score (nSPS) is 11.0. The van der Waals surface area contributed by atoms with E-state index >= 15 is 0 Å². The van der Waals surface area contributed by atoms with E-state index in [1.54, 1.807) is 24.1 Å². The van der Waals surface area contributed by atoms with Crippen molar-refractivity contribution in [2.45, 2.75) is 20.3 Å². The van der Waals surface area contributed by atoms with Gasteiger partial charge in [0.1, 0.15) is 5.69 Å². The van der Waals surface area contributed by atoms with Crippen molar-refractivity contribution in [2.75, 3.05) is 13.6 Å². The molecule has 0 radical (unpaired) electrons. The Bertz CT molecular complexity index is 510. The molecule has 1 amide bonds. The summed E-state index contributed by atoms with van der Waals surface area (Å²) < 4.78 is 0. The van der Waals surface area contributed by atoms with Gasteiger partial charge in [0.25, 0.3) is 5.91 Å². The minimum atomic E-state index is -1.06. The van der Waals surface area contributed by atoms with Gasteiger partial charge in [-0.2, -0.15) is 0 Å². The first-order chi connectivity index (χ1) is 9.41. The summed E-state index contributed by atoms with van der Waals surface area (Å²) in [4.78, 5) is 28.5. The van der Waals surface area contributed by atoms with Crippen LogP contribution in [0.25, 0.3) is 6.08 Å². The number of aliphatic carboxylic acids is 1. The van der Waals surface area contributed by atoms with Crippen LogP contribution in [0.3, 0.4) is 0 Å². The predicted molar refractivity (Wildman–Crippen MR) is 77.3 cm³/mol. The number of amides is 1. The third kappa shape index (κ3) is 4.84. The molecule has 108 valence electrons. The number of carboxylic acid groups (broad SMARTS) is 1. The molecule has 0 aliphatic heterocycles. The Hall–Kier alpha value is -2.17. The minimum Gasteiger partial charge on any atom is -0.478 e. The monoisotopic (exact) mass is 276 g/mol. The summed E-state index contributed by atoms with van der Waals surface area (Å²) in [7, 11) is 1.73. The fourth-order valence-corrected chi connectivity index (χ4v) is 1.63. The molecule has 0 aliphatic carbocycles. The van der Waals surface area contributed by atoms with Gasteiger partial charge in [0.05, 0.1) is 0 Å². The van der Waals surface area contributed by atoms with Crippen LogP contribution in [0.1, 0.15) is 36.3 Å². The Balaban J connectivity index is 2.89. The fraction of sp³-hybridized carbons (Fsp3) is 0.400. The van der Waals surface area contributed by atoms with E-state index in [1.807, 2.05) is 0 Å². The van der Waals surface area contributed by atoms with Gasteiger partial charge in [0.2, 0.25) is 0 Å². The maximum Gasteiger partial charge on any atom is 0.328 e. The second-order valence-corrected chi connectivity index (χ2v) is 5.02. The average Bonchev–Trinajstić information content (AvgIpc) is 2.41. The molecule has 20 heavy (non-hydrogen) atoms. The maximum atomic E-state index is 12.3. The Kier molecular flexibility index (Phi) is 5.90. The molecule has 1 aromatic heterocycles. The molecule has 0 fully saturated rings. The molecule has 0 unspecified atom stereocenters. The molecule has 5 heteroatoms. The number of carboxylic acids is 1. The number of rotatable bonds is 6. The van der Waals surface area contributed by atoms with Crippen molar-refractivity contribution in [1.29, 1.82) is 0 Å². The van der Waals surface area contributed by atoms with Gasteiger partial charge >= 0.3 is 5.97 Å². The SMILES string of the molecule is CC(C)CCN(C)C(=O)c1ncccc1/C=C/C(=O)O. The predicted octanol–water partition coefficient (Wildman–Crippen LogP) is 2.30. The Morgan fingerprint density at radius 1 is 1.45 bits per heavy atom. The number of carbonyl (C=O) groups is 2. The number of carbonyl (C=O) groups excluding carboxylic acids is 1. The van der Waals surface area contributed by atoms with Gasteiger partial charge in [-0.05, 0) is 24.5 Å². The van der Waals surface area contributed by atoms with Gasteiger partial charge in [0.15, 0.2) is 0 Å². The second kappa shape index (κ2) is 7.43. The Morgan fingerprint density at radius 2 is 2.15 bits per heavy atom. The van der Waals surface area contributed by atoms with Crippen molar-refractivity contribution in [2.24, 2.45) is 5.92 Å². The Morgan fingerprint density at radius 3 is 2.75 bits per heavy atom. The summed E-state index contributed by atoms with van der Waals surface area (Å²) in [6.45, 7) is 4.84. The molecule has 1 aromatic rings. The van der Waals surface area contributed by atoms with Crippen LogP contribution in [-0.4, -0.2) is 40.5 Å². The Labute approximate surface area is 118 Å². The highest BCUT2D eigenvalue weighted by Crippen LogP contribution is 2.11. The topological polar surface area (TPSA) is 70.5 Å². The van der Waals surface area contributed by atoms with Crippen molar-refractivity contribution in [3.63, 3.8) is 0 Å². The highest BCUT2D eigenvalue weighted by molar-refractivity contribution is 5.97. The van der Waals surface area contributed by atoms with Crippen LogP contribution >= 0.6 is 0 Å². The number of nitrogens with zero attached hydrogens (tertiary/aromatic N) is 2. The first-order valence-corrected chi connectivity index (χ1v) is 6.53. The van der Waals surface area contributed by atoms with E-state index in [1.165, 1.54) is 12.3 Å². The van der Waals surface area contributed by atoms with Crippen LogP contribution in [0.15, 0.2) is 24.4 Å². The number of hydrogen-bond donors (Lipinski definition) is 1. The van der Waals surface area contributed by atoms with E-state index in [9.17, 15) is 9.59 Å². The third-order valence-corrected chi connectivity index (χ3v) is 2.84. The van der Waals surface area contributed by atoms with Gasteiger partial charge in [0, 0.05) is 31.4 Å². The standard InChI is InChI=1S/C15H20N2O3/c1-11(2)8-10-17(3)15(20)14-12(5-4-9-16-14)6-7-13(18)19/h4-7,9,11H,8,10H2,1-3H3,(H,18,19)/b7-6+. The number of pyridine rings is 1. The van der Waals surface area contributed by atoms with Gasteiger partial charge in [-0.25, -0.2) is 4.79 Å². The molecule has 1 heterocycles. The molecule has 0 aromatic carbocycles. The first kappa shape index (κ1) is 15.9. The molecular weight excluding hydrogens is 256 g/mol. The molecule has 0 atom stereocenters. The summed E-state index contributed by atoms with van der Waals surface area (Å²) in [5.41, 5.74) is 0.785. The molecule has 0 bridgehead atoms. The molecular formula is C15H20N2O3. The third-order valence-electron chi connectivity index (χ3n) is 2.84. The molecule has 1 rings (SSSR count). The molecule has 0 aliphatic rings. The molecule has 1 N–H and O–H groups in total. The zero-order valence-electron chi connectivity index (χ0n) is 12.0. The molecule has 5 nitrogen and oxygen atoms in total. The largest absolute Gasteiger partial charge is 0.478 e. The lowest BCUT2D eigenvalue weighted by Gasteiger charge is -2.18. The van der Waals surface area contributed by atoms with E-state index in [4.69, 9.17) is 5.11 Å². The van der Waals surface area contributed by atoms with E-state index in [-0.39, 0.29) is 11.6 Å². The smallest absolute Gasteiger partial charge is 0.328 e. The van der Waals surface area contributed by atoms with Crippen LogP contribution in [0.2, 0.25) is 0 Å². The van der Waals surface area contributed by atoms with Gasteiger partial charge in [-0.3, -0.25) is 9.78 Å². The van der Waals surface area contributed by atoms with Crippen molar-refractivity contribution in [1.82, 2.24) is 9.88 Å². The summed E-state index contributed by atoms with van der Waals surface area (Å²) in [5, 5.41) is 8.66. The van der Waals surface area contributed by atoms with Crippen LogP contribution in [0.5, 0.6) is 0 Å². The van der Waals surface area contributed by atoms with E-state index in [0.29, 0.717) is 18.0 Å². The lowest BCUT2D eigenvalue weighted by atomic mass is 10.1. The highest BCUT2D eigenvalue weighted by atomic mass is 16.4. The van der Waals surface area contributed by atoms with E-state index in [2.05, 4.69) is 18.8 Å². The molecule has 0 spiro atoms. The van der Waals surface area contributed by atoms with Crippen LogP contribution in [-0.2, 0) is 4.79 Å². The zero-order valence-corrected chi connectivity index (χ0v) is 12.0. The van der Waals surface area contributed by atoms with Gasteiger partial charge in [-0.1, -0.05) is 19.9 Å². The van der Waals surface area contributed by atoms with E-state index in [0.717, 1.165) is 12.5 Å². The number of hydrogen-bond acceptors (Lipinski definition) is 3. The van der Waals surface area contributed by atoms with Crippen molar-refractivity contribution in [3.8, 4) is 0 Å². The van der Waals surface area contributed by atoms with Crippen molar-refractivity contribution in [3.05, 3.63) is 35.7 Å². The molecule has 0 saturated carbocycles. The van der Waals surface area contributed by atoms with Crippen LogP contribution in [0, 0.1) is 5.92 Å². The zero-order chi connectivity index (χ0) is 15.1. The quantitative estimate of drug-likeness (QED) is 0.809. The summed E-state index contributed by atoms with van der Waals surface area (Å²) in [6, 6.07) is 3.35. The van der Waals surface area contributed by atoms with Gasteiger partial charge < -0.3 is 10.0 Å². The summed E-state index contributed by atoms with van der Waals surface area (Å²) >= 11 is 0. The van der Waals surface area contributed by atoms with Crippen molar-refractivity contribution >= 4 is 18.0 Å². The molecule has 0 saturated heterocycles. The van der Waals surface area contributed by atoms with E-state index < -0.39 is 5.97 Å². The lowest BCUT2D eigenvalue weighted by Crippen LogP contribution is -2.29. The number of aromatic nitrogens is 1. The second-order valence-electron chi connectivity index (χ2n) is 5.02. The first-order valence-electron chi connectivity index (χ1n) is 6.53.